The minimum absolute atomic E-state index is 0.534. The topological polar surface area (TPSA) is 15.3 Å². The van der Waals surface area contributed by atoms with Crippen molar-refractivity contribution in [2.24, 2.45) is 5.41 Å². The lowest BCUT2D eigenvalue weighted by Gasteiger charge is -2.46. The molecule has 1 saturated heterocycles. The van der Waals surface area contributed by atoms with Crippen LogP contribution in [0.2, 0.25) is 0 Å². The number of hydrogen-bond acceptors (Lipinski definition) is 2. The summed E-state index contributed by atoms with van der Waals surface area (Å²) in [7, 11) is 0. The maximum Gasteiger partial charge on any atom is 0.0249 e. The van der Waals surface area contributed by atoms with Gasteiger partial charge in [-0.1, -0.05) is 33.6 Å². The first-order valence-electron chi connectivity index (χ1n) is 7.60. The molecular weight excluding hydrogens is 208 g/mol. The molecule has 2 atom stereocenters. The molecule has 2 unspecified atom stereocenters. The van der Waals surface area contributed by atoms with Crippen LogP contribution < -0.4 is 5.32 Å². The highest BCUT2D eigenvalue weighted by Crippen LogP contribution is 2.33. The van der Waals surface area contributed by atoms with Crippen LogP contribution in [-0.2, 0) is 0 Å². The van der Waals surface area contributed by atoms with Gasteiger partial charge in [-0.3, -0.25) is 4.90 Å². The third-order valence-electron chi connectivity index (χ3n) is 4.59. The molecule has 1 aliphatic carbocycles. The lowest BCUT2D eigenvalue weighted by Crippen LogP contribution is -2.55. The Morgan fingerprint density at radius 3 is 2.65 bits per heavy atom. The highest BCUT2D eigenvalue weighted by Gasteiger charge is 2.34. The average molecular weight is 238 g/mol. The van der Waals surface area contributed by atoms with Crippen LogP contribution in [0.5, 0.6) is 0 Å². The first kappa shape index (κ1) is 13.4. The Balaban J connectivity index is 1.98. The Morgan fingerprint density at radius 2 is 1.94 bits per heavy atom. The zero-order chi connectivity index (χ0) is 12.3. The second kappa shape index (κ2) is 5.71. The predicted molar refractivity (Wildman–Crippen MR) is 74.3 cm³/mol. The van der Waals surface area contributed by atoms with E-state index in [0.29, 0.717) is 5.41 Å². The second-order valence-electron chi connectivity index (χ2n) is 6.75. The second-order valence-corrected chi connectivity index (χ2v) is 6.75. The summed E-state index contributed by atoms with van der Waals surface area (Å²) in [5.74, 6) is 0. The Morgan fingerprint density at radius 1 is 1.18 bits per heavy atom. The van der Waals surface area contributed by atoms with Gasteiger partial charge in [0.2, 0.25) is 0 Å². The SMILES string of the molecule is CCNC1CCCCC1N1CCCC(C)(C)C1. The number of nitrogens with one attached hydrogen (secondary N) is 1. The minimum Gasteiger partial charge on any atom is -0.313 e. The molecule has 0 aromatic heterocycles. The standard InChI is InChI=1S/C15H30N2/c1-4-16-13-8-5-6-9-14(13)17-11-7-10-15(2,3)12-17/h13-14,16H,4-12H2,1-3H3. The molecule has 2 fully saturated rings. The molecule has 0 bridgehead atoms. The van der Waals surface area contributed by atoms with Crippen LogP contribution in [0, 0.1) is 5.41 Å². The number of piperidine rings is 1. The van der Waals surface area contributed by atoms with E-state index in [0.717, 1.165) is 18.6 Å². The van der Waals surface area contributed by atoms with E-state index >= 15 is 0 Å². The third kappa shape index (κ3) is 3.45. The van der Waals surface area contributed by atoms with E-state index in [2.05, 4.69) is 31.0 Å². The number of likely N-dealkylation sites (N-methyl/N-ethyl adjacent to an activating group) is 1. The summed E-state index contributed by atoms with van der Waals surface area (Å²) in [6, 6.07) is 1.56. The summed E-state index contributed by atoms with van der Waals surface area (Å²) in [6.07, 6.45) is 8.45. The molecule has 0 radical (unpaired) electrons. The average Bonchev–Trinajstić information content (AvgIpc) is 2.29. The van der Waals surface area contributed by atoms with E-state index in [-0.39, 0.29) is 0 Å². The van der Waals surface area contributed by atoms with Gasteiger partial charge in [0.15, 0.2) is 0 Å². The fourth-order valence-electron chi connectivity index (χ4n) is 3.80. The number of nitrogens with zero attached hydrogens (tertiary/aromatic N) is 1. The van der Waals surface area contributed by atoms with Gasteiger partial charge in [0.05, 0.1) is 0 Å². The van der Waals surface area contributed by atoms with Gasteiger partial charge in [-0.2, -0.15) is 0 Å². The number of rotatable bonds is 3. The number of hydrogen-bond donors (Lipinski definition) is 1. The molecule has 2 nitrogen and oxygen atoms in total. The first-order chi connectivity index (χ1) is 8.12. The molecule has 0 aromatic rings. The van der Waals surface area contributed by atoms with Crippen LogP contribution in [0.4, 0.5) is 0 Å². The summed E-state index contributed by atoms with van der Waals surface area (Å²) in [5.41, 5.74) is 0.534. The monoisotopic (exact) mass is 238 g/mol. The highest BCUT2D eigenvalue weighted by molar-refractivity contribution is 4.92. The molecule has 1 N–H and O–H groups in total. The van der Waals surface area contributed by atoms with Gasteiger partial charge in [0, 0.05) is 18.6 Å². The van der Waals surface area contributed by atoms with Crippen molar-refractivity contribution in [2.45, 2.75) is 71.4 Å². The van der Waals surface area contributed by atoms with Crippen LogP contribution in [0.25, 0.3) is 0 Å². The fourth-order valence-corrected chi connectivity index (χ4v) is 3.80. The van der Waals surface area contributed by atoms with Gasteiger partial charge >= 0.3 is 0 Å². The quantitative estimate of drug-likeness (QED) is 0.813. The van der Waals surface area contributed by atoms with Crippen molar-refractivity contribution in [2.75, 3.05) is 19.6 Å². The molecule has 2 rings (SSSR count). The van der Waals surface area contributed by atoms with Gasteiger partial charge in [0.25, 0.3) is 0 Å². The van der Waals surface area contributed by atoms with Crippen molar-refractivity contribution in [3.05, 3.63) is 0 Å². The smallest absolute Gasteiger partial charge is 0.0249 e. The maximum atomic E-state index is 3.72. The van der Waals surface area contributed by atoms with Crippen LogP contribution in [0.15, 0.2) is 0 Å². The molecule has 0 aromatic carbocycles. The third-order valence-corrected chi connectivity index (χ3v) is 4.59. The normalized spacial score (nSPS) is 34.8. The van der Waals surface area contributed by atoms with E-state index in [4.69, 9.17) is 0 Å². The minimum atomic E-state index is 0.534. The zero-order valence-electron chi connectivity index (χ0n) is 12.0. The van der Waals surface area contributed by atoms with E-state index in [1.165, 1.54) is 51.6 Å². The fraction of sp³-hybridized carbons (Fsp3) is 1.00. The summed E-state index contributed by atoms with van der Waals surface area (Å²) in [6.45, 7) is 10.9. The van der Waals surface area contributed by atoms with E-state index in [1.54, 1.807) is 0 Å². The van der Waals surface area contributed by atoms with Crippen molar-refractivity contribution < 1.29 is 0 Å². The predicted octanol–water partition coefficient (Wildman–Crippen LogP) is 3.03. The molecule has 0 spiro atoms. The van der Waals surface area contributed by atoms with Gasteiger partial charge in [0.1, 0.15) is 0 Å². The zero-order valence-corrected chi connectivity index (χ0v) is 12.0. The molecule has 17 heavy (non-hydrogen) atoms. The molecule has 2 heteroatoms. The van der Waals surface area contributed by atoms with Crippen molar-refractivity contribution in [1.82, 2.24) is 10.2 Å². The van der Waals surface area contributed by atoms with E-state index < -0.39 is 0 Å². The lowest BCUT2D eigenvalue weighted by molar-refractivity contribution is 0.0452. The van der Waals surface area contributed by atoms with Crippen LogP contribution in [-0.4, -0.2) is 36.6 Å². The summed E-state index contributed by atoms with van der Waals surface area (Å²) in [5, 5.41) is 3.72. The van der Waals surface area contributed by atoms with Crippen molar-refractivity contribution >= 4 is 0 Å². The lowest BCUT2D eigenvalue weighted by atomic mass is 9.81. The van der Waals surface area contributed by atoms with Crippen LogP contribution in [0.3, 0.4) is 0 Å². The molecule has 2 aliphatic rings. The Labute approximate surface area is 107 Å². The summed E-state index contributed by atoms with van der Waals surface area (Å²) in [4.78, 5) is 2.79. The molecule has 0 amide bonds. The largest absolute Gasteiger partial charge is 0.313 e. The van der Waals surface area contributed by atoms with Gasteiger partial charge in [-0.25, -0.2) is 0 Å². The molecule has 1 saturated carbocycles. The van der Waals surface area contributed by atoms with Crippen molar-refractivity contribution in [1.29, 1.82) is 0 Å². The van der Waals surface area contributed by atoms with Gasteiger partial charge in [-0.05, 0) is 44.2 Å². The maximum absolute atomic E-state index is 3.72. The van der Waals surface area contributed by atoms with Gasteiger partial charge in [-0.15, -0.1) is 0 Å². The highest BCUT2D eigenvalue weighted by atomic mass is 15.2. The molecular formula is C15H30N2. The molecule has 1 aliphatic heterocycles. The molecule has 100 valence electrons. The summed E-state index contributed by atoms with van der Waals surface area (Å²) >= 11 is 0. The van der Waals surface area contributed by atoms with Gasteiger partial charge < -0.3 is 5.32 Å². The summed E-state index contributed by atoms with van der Waals surface area (Å²) < 4.78 is 0. The Bertz CT molecular complexity index is 235. The van der Waals surface area contributed by atoms with Crippen LogP contribution in [0.1, 0.15) is 59.3 Å². The van der Waals surface area contributed by atoms with Crippen molar-refractivity contribution in [3.63, 3.8) is 0 Å². The Kier molecular flexibility index (Phi) is 4.48. The first-order valence-corrected chi connectivity index (χ1v) is 7.60. The number of likely N-dealkylation sites (tertiary alicyclic amines) is 1. The van der Waals surface area contributed by atoms with E-state index in [1.807, 2.05) is 0 Å². The van der Waals surface area contributed by atoms with Crippen LogP contribution >= 0.6 is 0 Å². The Hall–Kier alpha value is -0.0800. The van der Waals surface area contributed by atoms with E-state index in [9.17, 15) is 0 Å². The molecule has 1 heterocycles. The van der Waals surface area contributed by atoms with Crippen molar-refractivity contribution in [3.8, 4) is 0 Å².